The molecule has 6 heteroatoms. The van der Waals surface area contributed by atoms with Crippen molar-refractivity contribution in [2.45, 2.75) is 0 Å². The van der Waals surface area contributed by atoms with Crippen molar-refractivity contribution in [1.82, 2.24) is 15.0 Å². The Morgan fingerprint density at radius 3 is 2.94 bits per heavy atom. The van der Waals surface area contributed by atoms with Crippen molar-refractivity contribution in [3.8, 4) is 11.6 Å². The van der Waals surface area contributed by atoms with Gasteiger partial charge in [-0.3, -0.25) is 9.78 Å². The predicted octanol–water partition coefficient (Wildman–Crippen LogP) is 0.763. The molecule has 2 aromatic rings. The number of rotatable bonds is 3. The maximum atomic E-state index is 10.9. The molecular weight excluding hydrogens is 208 g/mol. The van der Waals surface area contributed by atoms with Crippen LogP contribution >= 0.6 is 0 Å². The number of hydrogen-bond acceptors (Lipinski definition) is 5. The number of pyridine rings is 1. The Bertz CT molecular complexity index is 501. The number of nitrogens with two attached hydrogens (primary N) is 1. The zero-order valence-electron chi connectivity index (χ0n) is 8.20. The lowest BCUT2D eigenvalue weighted by molar-refractivity contribution is 0.0995. The van der Waals surface area contributed by atoms with E-state index in [-0.39, 0.29) is 11.6 Å². The quantitative estimate of drug-likeness (QED) is 0.817. The van der Waals surface area contributed by atoms with E-state index >= 15 is 0 Å². The van der Waals surface area contributed by atoms with Crippen molar-refractivity contribution >= 4 is 5.91 Å². The van der Waals surface area contributed by atoms with Crippen molar-refractivity contribution < 1.29 is 9.53 Å². The molecule has 16 heavy (non-hydrogen) atoms. The van der Waals surface area contributed by atoms with Gasteiger partial charge in [-0.1, -0.05) is 0 Å². The van der Waals surface area contributed by atoms with Crippen LogP contribution in [0, 0.1) is 0 Å². The topological polar surface area (TPSA) is 91.0 Å². The Morgan fingerprint density at radius 2 is 2.25 bits per heavy atom. The van der Waals surface area contributed by atoms with Gasteiger partial charge in [0.1, 0.15) is 17.8 Å². The lowest BCUT2D eigenvalue weighted by Gasteiger charge is -2.03. The van der Waals surface area contributed by atoms with Gasteiger partial charge in [0.2, 0.25) is 5.88 Å². The third kappa shape index (κ3) is 2.30. The number of ether oxygens (including phenoxy) is 1. The van der Waals surface area contributed by atoms with E-state index in [9.17, 15) is 4.79 Å². The second-order valence-corrected chi connectivity index (χ2v) is 2.90. The van der Waals surface area contributed by atoms with E-state index < -0.39 is 5.91 Å². The first-order valence-corrected chi connectivity index (χ1v) is 4.45. The summed E-state index contributed by atoms with van der Waals surface area (Å²) in [6.07, 6.45) is 4.37. The second kappa shape index (κ2) is 4.35. The van der Waals surface area contributed by atoms with Gasteiger partial charge < -0.3 is 10.5 Å². The number of hydrogen-bond donors (Lipinski definition) is 1. The van der Waals surface area contributed by atoms with Crippen LogP contribution in [0.1, 0.15) is 10.5 Å². The maximum Gasteiger partial charge on any atom is 0.267 e. The maximum absolute atomic E-state index is 10.9. The van der Waals surface area contributed by atoms with Crippen molar-refractivity contribution in [3.05, 3.63) is 42.6 Å². The number of amides is 1. The van der Waals surface area contributed by atoms with E-state index in [1.54, 1.807) is 18.3 Å². The highest BCUT2D eigenvalue weighted by Gasteiger charge is 2.05. The molecule has 0 aliphatic heterocycles. The summed E-state index contributed by atoms with van der Waals surface area (Å²) in [5.74, 6) is 0.145. The molecule has 80 valence electrons. The van der Waals surface area contributed by atoms with E-state index in [0.29, 0.717) is 5.75 Å². The van der Waals surface area contributed by atoms with E-state index in [2.05, 4.69) is 15.0 Å². The largest absolute Gasteiger partial charge is 0.437 e. The zero-order valence-corrected chi connectivity index (χ0v) is 8.20. The summed E-state index contributed by atoms with van der Waals surface area (Å²) in [4.78, 5) is 22.3. The molecule has 0 atom stereocenters. The molecule has 2 N–H and O–H groups in total. The van der Waals surface area contributed by atoms with Gasteiger partial charge in [0.05, 0.1) is 6.20 Å². The van der Waals surface area contributed by atoms with Gasteiger partial charge >= 0.3 is 0 Å². The molecule has 0 unspecified atom stereocenters. The molecular formula is C10H8N4O2. The first kappa shape index (κ1) is 10.0. The van der Waals surface area contributed by atoms with Crippen LogP contribution in [0.15, 0.2) is 36.9 Å². The number of primary amides is 1. The smallest absolute Gasteiger partial charge is 0.267 e. The summed E-state index contributed by atoms with van der Waals surface area (Å²) in [6.45, 7) is 0. The number of carbonyl (C=O) groups is 1. The Balaban J connectivity index is 2.22. The lowest BCUT2D eigenvalue weighted by Crippen LogP contribution is -2.13. The van der Waals surface area contributed by atoms with Crippen molar-refractivity contribution in [2.75, 3.05) is 0 Å². The van der Waals surface area contributed by atoms with Gasteiger partial charge in [-0.25, -0.2) is 9.97 Å². The fraction of sp³-hybridized carbons (Fsp3) is 0. The molecule has 2 aromatic heterocycles. The van der Waals surface area contributed by atoms with Crippen LogP contribution < -0.4 is 10.5 Å². The SMILES string of the molecule is NC(=O)c1cc(Oc2cccnc2)ncn1. The highest BCUT2D eigenvalue weighted by atomic mass is 16.5. The Morgan fingerprint density at radius 1 is 1.38 bits per heavy atom. The molecule has 2 heterocycles. The molecule has 0 bridgehead atoms. The Kier molecular flexibility index (Phi) is 2.73. The lowest BCUT2D eigenvalue weighted by atomic mass is 10.4. The highest BCUT2D eigenvalue weighted by Crippen LogP contribution is 2.17. The summed E-state index contributed by atoms with van der Waals surface area (Å²) in [7, 11) is 0. The van der Waals surface area contributed by atoms with Gasteiger partial charge in [-0.05, 0) is 12.1 Å². The standard InChI is InChI=1S/C10H8N4O2/c11-10(15)8-4-9(14-6-13-8)16-7-2-1-3-12-5-7/h1-6H,(H2,11,15). The van der Waals surface area contributed by atoms with Gasteiger partial charge in [-0.15, -0.1) is 0 Å². The van der Waals surface area contributed by atoms with E-state index in [1.165, 1.54) is 18.6 Å². The minimum atomic E-state index is -0.626. The summed E-state index contributed by atoms with van der Waals surface area (Å²) in [5.41, 5.74) is 5.18. The van der Waals surface area contributed by atoms with Crippen LogP contribution in [0.4, 0.5) is 0 Å². The Hall–Kier alpha value is -2.50. The summed E-state index contributed by atoms with van der Waals surface area (Å²) >= 11 is 0. The molecule has 0 saturated heterocycles. The number of carbonyl (C=O) groups excluding carboxylic acids is 1. The third-order valence-electron chi connectivity index (χ3n) is 1.75. The molecule has 0 saturated carbocycles. The van der Waals surface area contributed by atoms with Crippen LogP contribution in [-0.2, 0) is 0 Å². The third-order valence-corrected chi connectivity index (χ3v) is 1.75. The molecule has 0 aromatic carbocycles. The highest BCUT2D eigenvalue weighted by molar-refractivity contribution is 5.90. The molecule has 0 aliphatic carbocycles. The van der Waals surface area contributed by atoms with Crippen LogP contribution in [0.2, 0.25) is 0 Å². The number of aromatic nitrogens is 3. The van der Waals surface area contributed by atoms with Crippen LogP contribution in [0.25, 0.3) is 0 Å². The summed E-state index contributed by atoms with van der Waals surface area (Å²) in [5, 5.41) is 0. The van der Waals surface area contributed by atoms with Gasteiger partial charge in [0.15, 0.2) is 0 Å². The summed E-state index contributed by atoms with van der Waals surface area (Å²) in [6, 6.07) is 4.82. The van der Waals surface area contributed by atoms with Crippen molar-refractivity contribution in [2.24, 2.45) is 5.73 Å². The van der Waals surface area contributed by atoms with E-state index in [0.717, 1.165) is 0 Å². The minimum Gasteiger partial charge on any atom is -0.437 e. The first-order valence-electron chi connectivity index (χ1n) is 4.45. The van der Waals surface area contributed by atoms with Gasteiger partial charge in [0, 0.05) is 12.3 Å². The molecule has 6 nitrogen and oxygen atoms in total. The zero-order chi connectivity index (χ0) is 11.4. The number of nitrogens with zero attached hydrogens (tertiary/aromatic N) is 3. The molecule has 0 fully saturated rings. The van der Waals surface area contributed by atoms with Gasteiger partial charge in [0.25, 0.3) is 5.91 Å². The van der Waals surface area contributed by atoms with Gasteiger partial charge in [-0.2, -0.15) is 0 Å². The fourth-order valence-electron chi connectivity index (χ4n) is 1.06. The molecule has 0 spiro atoms. The first-order chi connectivity index (χ1) is 7.75. The molecule has 0 aliphatic rings. The molecule has 2 rings (SSSR count). The Labute approximate surface area is 91.1 Å². The molecule has 0 radical (unpaired) electrons. The minimum absolute atomic E-state index is 0.105. The predicted molar refractivity (Wildman–Crippen MR) is 54.9 cm³/mol. The normalized spacial score (nSPS) is 9.75. The van der Waals surface area contributed by atoms with Crippen molar-refractivity contribution in [3.63, 3.8) is 0 Å². The van der Waals surface area contributed by atoms with E-state index in [1.807, 2.05) is 0 Å². The van der Waals surface area contributed by atoms with E-state index in [4.69, 9.17) is 10.5 Å². The summed E-state index contributed by atoms with van der Waals surface area (Å²) < 4.78 is 5.35. The second-order valence-electron chi connectivity index (χ2n) is 2.90. The average molecular weight is 216 g/mol. The van der Waals surface area contributed by atoms with Crippen molar-refractivity contribution in [1.29, 1.82) is 0 Å². The molecule has 1 amide bonds. The average Bonchev–Trinajstić information content (AvgIpc) is 2.30. The van der Waals surface area contributed by atoms with Crippen LogP contribution in [0.5, 0.6) is 11.6 Å². The van der Waals surface area contributed by atoms with Crippen LogP contribution in [0.3, 0.4) is 0 Å². The fourth-order valence-corrected chi connectivity index (χ4v) is 1.06. The monoisotopic (exact) mass is 216 g/mol. The van der Waals surface area contributed by atoms with Crippen LogP contribution in [-0.4, -0.2) is 20.9 Å².